The maximum Gasteiger partial charge on any atom is 0.272 e. The van der Waals surface area contributed by atoms with E-state index in [0.717, 1.165) is 17.7 Å². The molecule has 210 valence electrons. The van der Waals surface area contributed by atoms with Gasteiger partial charge in [-0.1, -0.05) is 19.9 Å². The predicted octanol–water partition coefficient (Wildman–Crippen LogP) is 1.28. The molecule has 11 nitrogen and oxygen atoms in total. The molecule has 0 radical (unpaired) electrons. The molecule has 0 spiro atoms. The monoisotopic (exact) mass is 537 g/mol. The van der Waals surface area contributed by atoms with Gasteiger partial charge in [0.2, 0.25) is 11.8 Å². The summed E-state index contributed by atoms with van der Waals surface area (Å²) in [6.07, 6.45) is 4.20. The van der Waals surface area contributed by atoms with Crippen LogP contribution in [0, 0.1) is 5.92 Å². The molecule has 1 atom stereocenters. The third-order valence-electron chi connectivity index (χ3n) is 7.51. The second-order valence-electron chi connectivity index (χ2n) is 10.8. The van der Waals surface area contributed by atoms with Crippen molar-refractivity contribution in [3.05, 3.63) is 47.0 Å². The normalized spacial score (nSPS) is 19.8. The summed E-state index contributed by atoms with van der Waals surface area (Å²) in [5.74, 6) is -0.577. The fraction of sp³-hybridized carbons (Fsp3) is 0.571. The third-order valence-corrected chi connectivity index (χ3v) is 7.51. The van der Waals surface area contributed by atoms with Crippen LogP contribution in [0.15, 0.2) is 24.4 Å². The minimum atomic E-state index is -0.297. The number of aromatic nitrogens is 3. The standard InChI is InChI=1S/C28H39N7O4/c1-19(2)17-35-18-25(37)32(3)20-10-11-23-21(16-20)26(31-33(23)4)27(38)30-13-15-34(14-7-9-24(35)36)28(39)22-8-5-6-12-29-22/h5-6,8,12,19-20H,7,9-11,13-18H2,1-4H3,(H,30,38). The molecule has 0 saturated carbocycles. The van der Waals surface area contributed by atoms with Crippen LogP contribution in [-0.2, 0) is 29.5 Å². The fourth-order valence-corrected chi connectivity index (χ4v) is 5.39. The van der Waals surface area contributed by atoms with Crippen LogP contribution in [-0.4, -0.2) is 98.9 Å². The smallest absolute Gasteiger partial charge is 0.272 e. The van der Waals surface area contributed by atoms with E-state index in [1.807, 2.05) is 20.9 Å². The lowest BCUT2D eigenvalue weighted by molar-refractivity contribution is -0.141. The topological polar surface area (TPSA) is 121 Å². The van der Waals surface area contributed by atoms with E-state index < -0.39 is 0 Å². The zero-order valence-corrected chi connectivity index (χ0v) is 23.4. The van der Waals surface area contributed by atoms with Gasteiger partial charge in [-0.3, -0.25) is 28.8 Å². The molecule has 4 amide bonds. The van der Waals surface area contributed by atoms with Crippen LogP contribution in [0.25, 0.3) is 0 Å². The molecule has 2 aromatic rings. The van der Waals surface area contributed by atoms with Crippen LogP contribution < -0.4 is 5.32 Å². The van der Waals surface area contributed by atoms with Gasteiger partial charge in [-0.05, 0) is 43.7 Å². The number of pyridine rings is 1. The lowest BCUT2D eigenvalue weighted by atomic mass is 9.90. The van der Waals surface area contributed by atoms with E-state index in [2.05, 4.69) is 15.4 Å². The molecule has 1 aliphatic heterocycles. The molecule has 0 fully saturated rings. The van der Waals surface area contributed by atoms with Gasteiger partial charge in [0.1, 0.15) is 5.69 Å². The number of nitrogens with zero attached hydrogens (tertiary/aromatic N) is 6. The summed E-state index contributed by atoms with van der Waals surface area (Å²) in [5, 5.41) is 7.43. The second-order valence-corrected chi connectivity index (χ2v) is 10.8. The Kier molecular flexibility index (Phi) is 8.98. The first-order valence-corrected chi connectivity index (χ1v) is 13.7. The molecule has 0 aromatic carbocycles. The number of amides is 4. The van der Waals surface area contributed by atoms with Crippen molar-refractivity contribution in [1.82, 2.24) is 34.8 Å². The number of fused-ring (bicyclic) bond motifs is 1. The Morgan fingerprint density at radius 3 is 2.62 bits per heavy atom. The van der Waals surface area contributed by atoms with Gasteiger partial charge in [0.05, 0.1) is 6.54 Å². The van der Waals surface area contributed by atoms with Gasteiger partial charge in [0, 0.05) is 70.2 Å². The zero-order valence-electron chi connectivity index (χ0n) is 23.4. The maximum atomic E-state index is 13.3. The molecule has 1 aliphatic carbocycles. The Morgan fingerprint density at radius 2 is 1.90 bits per heavy atom. The number of carbonyl (C=O) groups is 4. The minimum absolute atomic E-state index is 0.00777. The van der Waals surface area contributed by atoms with Gasteiger partial charge in [-0.2, -0.15) is 5.10 Å². The molecular formula is C28H39N7O4. The lowest BCUT2D eigenvalue weighted by Crippen LogP contribution is -2.47. The molecule has 0 saturated heterocycles. The zero-order chi connectivity index (χ0) is 28.1. The first-order chi connectivity index (χ1) is 18.7. The molecule has 3 heterocycles. The van der Waals surface area contributed by atoms with Crippen molar-refractivity contribution in [3.63, 3.8) is 0 Å². The first-order valence-electron chi connectivity index (χ1n) is 13.7. The third kappa shape index (κ3) is 6.63. The van der Waals surface area contributed by atoms with Crippen LogP contribution in [0.2, 0.25) is 0 Å². The highest BCUT2D eigenvalue weighted by Gasteiger charge is 2.33. The van der Waals surface area contributed by atoms with Crippen LogP contribution >= 0.6 is 0 Å². The van der Waals surface area contributed by atoms with E-state index in [-0.39, 0.29) is 61.6 Å². The van der Waals surface area contributed by atoms with Gasteiger partial charge in [0.15, 0.2) is 5.69 Å². The van der Waals surface area contributed by atoms with Crippen LogP contribution in [0.5, 0.6) is 0 Å². The Bertz CT molecular complexity index is 1210. The van der Waals surface area contributed by atoms with Crippen LogP contribution in [0.4, 0.5) is 0 Å². The first kappa shape index (κ1) is 28.3. The van der Waals surface area contributed by atoms with Crippen LogP contribution in [0.1, 0.15) is 65.3 Å². The minimum Gasteiger partial charge on any atom is -0.349 e. The van der Waals surface area contributed by atoms with Gasteiger partial charge in [-0.15, -0.1) is 0 Å². The summed E-state index contributed by atoms with van der Waals surface area (Å²) in [7, 11) is 3.61. The molecule has 39 heavy (non-hydrogen) atoms. The van der Waals surface area contributed by atoms with Gasteiger partial charge in [-0.25, -0.2) is 0 Å². The highest BCUT2D eigenvalue weighted by molar-refractivity contribution is 5.94. The predicted molar refractivity (Wildman–Crippen MR) is 145 cm³/mol. The largest absolute Gasteiger partial charge is 0.349 e. The summed E-state index contributed by atoms with van der Waals surface area (Å²) in [6.45, 7) is 5.36. The number of rotatable bonds is 3. The van der Waals surface area contributed by atoms with E-state index in [9.17, 15) is 19.2 Å². The number of nitrogens with one attached hydrogen (secondary N) is 1. The van der Waals surface area contributed by atoms with Gasteiger partial charge < -0.3 is 20.0 Å². The van der Waals surface area contributed by atoms with Crippen molar-refractivity contribution in [1.29, 1.82) is 0 Å². The molecule has 11 heteroatoms. The summed E-state index contributed by atoms with van der Waals surface area (Å²) in [5.41, 5.74) is 2.52. The number of likely N-dealkylation sites (N-methyl/N-ethyl adjacent to an activating group) is 1. The fourth-order valence-electron chi connectivity index (χ4n) is 5.39. The lowest BCUT2D eigenvalue weighted by Gasteiger charge is -2.34. The molecule has 1 unspecified atom stereocenters. The molecule has 2 bridgehead atoms. The Morgan fingerprint density at radius 1 is 1.10 bits per heavy atom. The summed E-state index contributed by atoms with van der Waals surface area (Å²) in [6, 6.07) is 5.06. The molecule has 4 rings (SSSR count). The average Bonchev–Trinajstić information content (AvgIpc) is 3.26. The van der Waals surface area contributed by atoms with E-state index >= 15 is 0 Å². The highest BCUT2D eigenvalue weighted by atomic mass is 16.2. The summed E-state index contributed by atoms with van der Waals surface area (Å²) in [4.78, 5) is 62.2. The SMILES string of the molecule is CC(C)CN1CC(=O)N(C)C2CCc3c(c(nn3C)C(=O)NCCN(C(=O)c3ccccn3)CCCC1=O)C2. The van der Waals surface area contributed by atoms with E-state index in [4.69, 9.17) is 0 Å². The molecular weight excluding hydrogens is 498 g/mol. The quantitative estimate of drug-likeness (QED) is 0.630. The number of carbonyl (C=O) groups excluding carboxylic acids is 4. The van der Waals surface area contributed by atoms with Crippen molar-refractivity contribution in [2.75, 3.05) is 39.8 Å². The van der Waals surface area contributed by atoms with Crippen LogP contribution in [0.3, 0.4) is 0 Å². The number of hydrogen-bond donors (Lipinski definition) is 1. The molecule has 1 N–H and O–H groups in total. The number of aryl methyl sites for hydroxylation is 1. The Labute approximate surface area is 229 Å². The molecule has 2 aliphatic rings. The Hall–Kier alpha value is -3.76. The highest BCUT2D eigenvalue weighted by Crippen LogP contribution is 2.27. The van der Waals surface area contributed by atoms with E-state index in [1.54, 1.807) is 50.8 Å². The summed E-state index contributed by atoms with van der Waals surface area (Å²) < 4.78 is 1.75. The van der Waals surface area contributed by atoms with Crippen molar-refractivity contribution in [2.45, 2.75) is 52.0 Å². The Balaban J connectivity index is 1.62. The molecule has 2 aromatic heterocycles. The van der Waals surface area contributed by atoms with Crippen molar-refractivity contribution < 1.29 is 19.2 Å². The van der Waals surface area contributed by atoms with Crippen molar-refractivity contribution in [3.8, 4) is 0 Å². The second kappa shape index (κ2) is 12.4. The van der Waals surface area contributed by atoms with Gasteiger partial charge >= 0.3 is 0 Å². The van der Waals surface area contributed by atoms with E-state index in [1.165, 1.54) is 0 Å². The maximum absolute atomic E-state index is 13.3. The number of hydrogen-bond acceptors (Lipinski definition) is 6. The van der Waals surface area contributed by atoms with Crippen molar-refractivity contribution in [2.24, 2.45) is 13.0 Å². The van der Waals surface area contributed by atoms with Gasteiger partial charge in [0.25, 0.3) is 11.8 Å². The van der Waals surface area contributed by atoms with E-state index in [0.29, 0.717) is 43.7 Å². The summed E-state index contributed by atoms with van der Waals surface area (Å²) >= 11 is 0. The van der Waals surface area contributed by atoms with Crippen molar-refractivity contribution >= 4 is 23.6 Å². The average molecular weight is 538 g/mol.